The van der Waals surface area contributed by atoms with Crippen LogP contribution < -0.4 is 5.32 Å². The first-order valence-corrected chi connectivity index (χ1v) is 8.11. The highest BCUT2D eigenvalue weighted by molar-refractivity contribution is 6.02. The van der Waals surface area contributed by atoms with Gasteiger partial charge in [0.25, 0.3) is 5.91 Å². The maximum absolute atomic E-state index is 12.3. The Morgan fingerprint density at radius 1 is 1.17 bits per heavy atom. The summed E-state index contributed by atoms with van der Waals surface area (Å²) in [6, 6.07) is 10.2. The topological polar surface area (TPSA) is 65.2 Å². The van der Waals surface area contributed by atoms with Gasteiger partial charge in [-0.1, -0.05) is 30.3 Å². The summed E-state index contributed by atoms with van der Waals surface area (Å²) in [5, 5.41) is 2.91. The minimum absolute atomic E-state index is 0.0251. The second-order valence-electron chi connectivity index (χ2n) is 6.16. The molecule has 0 unspecified atom stereocenters. The van der Waals surface area contributed by atoms with Crippen LogP contribution in [0.4, 0.5) is 0 Å². The standard InChI is InChI=1S/C19H25N3O2/c1-13-17(15(3)23)14(2)21-18(13)19(24)20-10-11-22(4)12-16-8-6-5-7-9-16/h5-9,21H,10-12H2,1-4H3,(H,20,24). The van der Waals surface area contributed by atoms with E-state index in [1.807, 2.05) is 32.2 Å². The summed E-state index contributed by atoms with van der Waals surface area (Å²) in [6.07, 6.45) is 0. The fourth-order valence-corrected chi connectivity index (χ4v) is 2.93. The smallest absolute Gasteiger partial charge is 0.268 e. The number of amides is 1. The number of aromatic amines is 1. The number of hydrogen-bond donors (Lipinski definition) is 2. The highest BCUT2D eigenvalue weighted by Gasteiger charge is 2.19. The molecule has 0 aliphatic heterocycles. The summed E-state index contributed by atoms with van der Waals surface area (Å²) in [5.41, 5.74) is 3.79. The molecule has 2 aromatic rings. The van der Waals surface area contributed by atoms with Crippen LogP contribution in [0.2, 0.25) is 0 Å². The van der Waals surface area contributed by atoms with Crippen molar-refractivity contribution in [2.45, 2.75) is 27.3 Å². The van der Waals surface area contributed by atoms with Gasteiger partial charge in [-0.05, 0) is 38.9 Å². The molecule has 5 heteroatoms. The molecule has 0 aliphatic carbocycles. The maximum Gasteiger partial charge on any atom is 0.268 e. The number of nitrogens with one attached hydrogen (secondary N) is 2. The van der Waals surface area contributed by atoms with Crippen LogP contribution in [0.1, 0.15) is 44.6 Å². The lowest BCUT2D eigenvalue weighted by Gasteiger charge is -2.17. The van der Waals surface area contributed by atoms with Crippen LogP contribution >= 0.6 is 0 Å². The largest absolute Gasteiger partial charge is 0.354 e. The molecule has 1 aromatic heterocycles. The third-order valence-corrected chi connectivity index (χ3v) is 4.09. The van der Waals surface area contributed by atoms with Gasteiger partial charge in [0.1, 0.15) is 5.69 Å². The molecule has 1 heterocycles. The zero-order valence-corrected chi connectivity index (χ0v) is 14.8. The van der Waals surface area contributed by atoms with E-state index in [1.54, 1.807) is 6.92 Å². The molecule has 128 valence electrons. The fraction of sp³-hybridized carbons (Fsp3) is 0.368. The van der Waals surface area contributed by atoms with Crippen LogP contribution in [0, 0.1) is 13.8 Å². The molecule has 0 bridgehead atoms. The first-order valence-electron chi connectivity index (χ1n) is 8.11. The van der Waals surface area contributed by atoms with Gasteiger partial charge in [-0.2, -0.15) is 0 Å². The zero-order valence-electron chi connectivity index (χ0n) is 14.8. The molecule has 0 aliphatic rings. The van der Waals surface area contributed by atoms with Gasteiger partial charge in [-0.15, -0.1) is 0 Å². The highest BCUT2D eigenvalue weighted by atomic mass is 16.2. The third kappa shape index (κ3) is 4.32. The summed E-state index contributed by atoms with van der Waals surface area (Å²) in [5.74, 6) is -0.195. The number of carbonyl (C=O) groups is 2. The highest BCUT2D eigenvalue weighted by Crippen LogP contribution is 2.18. The van der Waals surface area contributed by atoms with Crippen molar-refractivity contribution in [2.24, 2.45) is 0 Å². The number of ketones is 1. The second kappa shape index (κ2) is 7.93. The molecule has 2 rings (SSSR count). The van der Waals surface area contributed by atoms with Gasteiger partial charge in [-0.25, -0.2) is 0 Å². The van der Waals surface area contributed by atoms with E-state index >= 15 is 0 Å². The molecule has 0 atom stereocenters. The first-order chi connectivity index (χ1) is 11.4. The Kier molecular flexibility index (Phi) is 5.93. The average Bonchev–Trinajstić information content (AvgIpc) is 2.83. The molecule has 2 N–H and O–H groups in total. The zero-order chi connectivity index (χ0) is 17.7. The number of Topliss-reactive ketones (excluding diaryl/α,β-unsaturated/α-hetero) is 1. The number of likely N-dealkylation sites (N-methyl/N-ethyl adjacent to an activating group) is 1. The Morgan fingerprint density at radius 3 is 2.42 bits per heavy atom. The van der Waals surface area contributed by atoms with E-state index in [0.717, 1.165) is 24.3 Å². The van der Waals surface area contributed by atoms with Crippen LogP contribution in [-0.4, -0.2) is 41.7 Å². The van der Waals surface area contributed by atoms with Crippen molar-refractivity contribution < 1.29 is 9.59 Å². The van der Waals surface area contributed by atoms with Crippen molar-refractivity contribution in [3.05, 3.63) is 58.4 Å². The van der Waals surface area contributed by atoms with E-state index in [2.05, 4.69) is 27.3 Å². The normalized spacial score (nSPS) is 10.9. The van der Waals surface area contributed by atoms with Gasteiger partial charge in [0.05, 0.1) is 0 Å². The molecule has 0 saturated carbocycles. The number of aryl methyl sites for hydroxylation is 1. The number of carbonyl (C=O) groups excluding carboxylic acids is 2. The Bertz CT molecular complexity index is 720. The minimum atomic E-state index is -0.170. The summed E-state index contributed by atoms with van der Waals surface area (Å²) in [6.45, 7) is 7.27. The van der Waals surface area contributed by atoms with Crippen molar-refractivity contribution in [3.63, 3.8) is 0 Å². The van der Waals surface area contributed by atoms with Crippen molar-refractivity contribution in [1.29, 1.82) is 0 Å². The Labute approximate surface area is 143 Å². The molecule has 1 aromatic carbocycles. The van der Waals surface area contributed by atoms with Crippen LogP contribution in [-0.2, 0) is 6.54 Å². The van der Waals surface area contributed by atoms with Gasteiger partial charge in [0.2, 0.25) is 0 Å². The van der Waals surface area contributed by atoms with Crippen molar-refractivity contribution in [1.82, 2.24) is 15.2 Å². The van der Waals surface area contributed by atoms with E-state index in [0.29, 0.717) is 17.8 Å². The number of nitrogens with zero attached hydrogens (tertiary/aromatic N) is 1. The summed E-state index contributed by atoms with van der Waals surface area (Å²) in [4.78, 5) is 29.1. The third-order valence-electron chi connectivity index (χ3n) is 4.09. The number of rotatable bonds is 7. The van der Waals surface area contributed by atoms with E-state index in [4.69, 9.17) is 0 Å². The van der Waals surface area contributed by atoms with Gasteiger partial charge in [0, 0.05) is 30.9 Å². The number of hydrogen-bond acceptors (Lipinski definition) is 3. The van der Waals surface area contributed by atoms with Gasteiger partial charge >= 0.3 is 0 Å². The Morgan fingerprint density at radius 2 is 1.83 bits per heavy atom. The van der Waals surface area contributed by atoms with E-state index in [9.17, 15) is 9.59 Å². The Balaban J connectivity index is 1.87. The quantitative estimate of drug-likeness (QED) is 0.769. The lowest BCUT2D eigenvalue weighted by atomic mass is 10.1. The van der Waals surface area contributed by atoms with Crippen LogP contribution in [0.3, 0.4) is 0 Å². The summed E-state index contributed by atoms with van der Waals surface area (Å²) >= 11 is 0. The number of aromatic nitrogens is 1. The van der Waals surface area contributed by atoms with Crippen LogP contribution in [0.25, 0.3) is 0 Å². The van der Waals surface area contributed by atoms with Crippen LogP contribution in [0.5, 0.6) is 0 Å². The molecule has 0 fully saturated rings. The van der Waals surface area contributed by atoms with E-state index in [1.165, 1.54) is 12.5 Å². The van der Waals surface area contributed by atoms with Gasteiger partial charge in [0.15, 0.2) is 5.78 Å². The molecule has 1 amide bonds. The number of benzene rings is 1. The predicted molar refractivity (Wildman–Crippen MR) is 95.4 cm³/mol. The fourth-order valence-electron chi connectivity index (χ4n) is 2.93. The van der Waals surface area contributed by atoms with Crippen molar-refractivity contribution >= 4 is 11.7 Å². The predicted octanol–water partition coefficient (Wildman–Crippen LogP) is 2.70. The lowest BCUT2D eigenvalue weighted by molar-refractivity contribution is 0.0944. The molecule has 0 radical (unpaired) electrons. The number of H-pyrrole nitrogens is 1. The molecule has 24 heavy (non-hydrogen) atoms. The minimum Gasteiger partial charge on any atom is -0.354 e. The lowest BCUT2D eigenvalue weighted by Crippen LogP contribution is -2.33. The van der Waals surface area contributed by atoms with E-state index < -0.39 is 0 Å². The molecular formula is C19H25N3O2. The van der Waals surface area contributed by atoms with E-state index in [-0.39, 0.29) is 11.7 Å². The summed E-state index contributed by atoms with van der Waals surface area (Å²) in [7, 11) is 2.02. The molecule has 0 spiro atoms. The molecule has 0 saturated heterocycles. The van der Waals surface area contributed by atoms with Crippen molar-refractivity contribution in [2.75, 3.05) is 20.1 Å². The summed E-state index contributed by atoms with van der Waals surface area (Å²) < 4.78 is 0. The van der Waals surface area contributed by atoms with Gasteiger partial charge in [-0.3, -0.25) is 9.59 Å². The average molecular weight is 327 g/mol. The molecular weight excluding hydrogens is 302 g/mol. The monoisotopic (exact) mass is 327 g/mol. The Hall–Kier alpha value is -2.40. The van der Waals surface area contributed by atoms with Crippen LogP contribution in [0.15, 0.2) is 30.3 Å². The SMILES string of the molecule is CC(=O)c1c(C)[nH]c(C(=O)NCCN(C)Cc2ccccc2)c1C. The van der Waals surface area contributed by atoms with Gasteiger partial charge < -0.3 is 15.2 Å². The van der Waals surface area contributed by atoms with Crippen molar-refractivity contribution in [3.8, 4) is 0 Å². The maximum atomic E-state index is 12.3. The first kappa shape index (κ1) is 17.9. The second-order valence-corrected chi connectivity index (χ2v) is 6.16. The molecule has 5 nitrogen and oxygen atoms in total.